The minimum Gasteiger partial charge on any atom is -0.497 e. The molecular formula is C28H29N5O4. The SMILES string of the molecule is COc1ccc(-c2cc3n(n2)CCC(=O)N3Cc2ccc(C(=O)NCCc3c(C)noc3C)cc2)cc1. The van der Waals surface area contributed by atoms with Crippen LogP contribution in [0.15, 0.2) is 59.1 Å². The lowest BCUT2D eigenvalue weighted by Gasteiger charge is -2.27. The summed E-state index contributed by atoms with van der Waals surface area (Å²) in [6.07, 6.45) is 1.05. The number of rotatable bonds is 8. The Hall–Kier alpha value is -4.40. The van der Waals surface area contributed by atoms with Gasteiger partial charge in [0, 0.05) is 35.7 Å². The van der Waals surface area contributed by atoms with Crippen LogP contribution < -0.4 is 15.0 Å². The van der Waals surface area contributed by atoms with E-state index in [1.54, 1.807) is 24.1 Å². The third kappa shape index (κ3) is 5.11. The van der Waals surface area contributed by atoms with E-state index in [9.17, 15) is 9.59 Å². The zero-order valence-electron chi connectivity index (χ0n) is 21.2. The number of fused-ring (bicyclic) bond motifs is 1. The Kier molecular flexibility index (Phi) is 6.76. The number of hydrogen-bond donors (Lipinski definition) is 1. The van der Waals surface area contributed by atoms with Gasteiger partial charge in [0.15, 0.2) is 0 Å². The Morgan fingerprint density at radius 3 is 2.54 bits per heavy atom. The largest absolute Gasteiger partial charge is 0.497 e. The molecule has 0 bridgehead atoms. The van der Waals surface area contributed by atoms with Crippen LogP contribution in [0, 0.1) is 13.8 Å². The van der Waals surface area contributed by atoms with Crippen molar-refractivity contribution in [3.63, 3.8) is 0 Å². The van der Waals surface area contributed by atoms with Crippen molar-refractivity contribution in [1.29, 1.82) is 0 Å². The number of nitrogens with one attached hydrogen (secondary N) is 1. The van der Waals surface area contributed by atoms with Gasteiger partial charge in [0.2, 0.25) is 5.91 Å². The lowest BCUT2D eigenvalue weighted by molar-refractivity contribution is -0.119. The highest BCUT2D eigenvalue weighted by molar-refractivity contribution is 5.95. The molecule has 1 aliphatic rings. The van der Waals surface area contributed by atoms with E-state index in [4.69, 9.17) is 14.4 Å². The first-order valence-electron chi connectivity index (χ1n) is 12.2. The molecule has 0 unspecified atom stereocenters. The number of methoxy groups -OCH3 is 1. The molecule has 2 amide bonds. The molecular weight excluding hydrogens is 470 g/mol. The minimum atomic E-state index is -0.144. The van der Waals surface area contributed by atoms with Gasteiger partial charge in [-0.3, -0.25) is 14.5 Å². The number of hydrogen-bond acceptors (Lipinski definition) is 6. The molecule has 0 saturated heterocycles. The summed E-state index contributed by atoms with van der Waals surface area (Å²) < 4.78 is 12.3. The van der Waals surface area contributed by atoms with E-state index in [0.29, 0.717) is 38.0 Å². The van der Waals surface area contributed by atoms with Crippen molar-refractivity contribution in [2.45, 2.75) is 39.8 Å². The van der Waals surface area contributed by atoms with Crippen LogP contribution in [0.5, 0.6) is 5.75 Å². The van der Waals surface area contributed by atoms with Crippen LogP contribution >= 0.6 is 0 Å². The number of benzene rings is 2. The normalized spacial score (nSPS) is 12.9. The van der Waals surface area contributed by atoms with E-state index < -0.39 is 0 Å². The molecule has 2 aromatic carbocycles. The summed E-state index contributed by atoms with van der Waals surface area (Å²) in [5.41, 5.74) is 5.14. The smallest absolute Gasteiger partial charge is 0.251 e. The maximum absolute atomic E-state index is 12.8. The van der Waals surface area contributed by atoms with Gasteiger partial charge < -0.3 is 14.6 Å². The molecule has 0 radical (unpaired) electrons. The molecule has 0 aliphatic carbocycles. The first kappa shape index (κ1) is 24.3. The molecule has 2 aromatic heterocycles. The van der Waals surface area contributed by atoms with Gasteiger partial charge in [-0.05, 0) is 62.2 Å². The summed E-state index contributed by atoms with van der Waals surface area (Å²) in [7, 11) is 1.63. The number of amides is 2. The van der Waals surface area contributed by atoms with Crippen LogP contribution in [0.25, 0.3) is 11.3 Å². The maximum atomic E-state index is 12.8. The van der Waals surface area contributed by atoms with Crippen molar-refractivity contribution in [2.75, 3.05) is 18.6 Å². The van der Waals surface area contributed by atoms with E-state index in [-0.39, 0.29) is 11.8 Å². The molecule has 0 spiro atoms. The first-order valence-corrected chi connectivity index (χ1v) is 12.2. The van der Waals surface area contributed by atoms with Crippen molar-refractivity contribution in [1.82, 2.24) is 20.3 Å². The zero-order chi connectivity index (χ0) is 25.9. The van der Waals surface area contributed by atoms with Gasteiger partial charge in [-0.25, -0.2) is 4.68 Å². The summed E-state index contributed by atoms with van der Waals surface area (Å²) in [6, 6.07) is 17.0. The van der Waals surface area contributed by atoms with E-state index in [1.165, 1.54) is 0 Å². The van der Waals surface area contributed by atoms with Crippen molar-refractivity contribution >= 4 is 17.6 Å². The van der Waals surface area contributed by atoms with E-state index in [1.807, 2.05) is 61.0 Å². The molecule has 1 N–H and O–H groups in total. The standard InChI is InChI=1S/C28H29N5O4/c1-18-24(19(2)37-31-18)12-14-29-28(35)22-6-4-20(5-7-22)17-32-26-16-25(30-33(26)15-13-27(32)34)21-8-10-23(36-3)11-9-21/h4-11,16H,12-15,17H2,1-3H3,(H,29,35). The average Bonchev–Trinajstić information content (AvgIpc) is 3.49. The Balaban J connectivity index is 1.25. The summed E-state index contributed by atoms with van der Waals surface area (Å²) in [4.78, 5) is 27.2. The van der Waals surface area contributed by atoms with Gasteiger partial charge in [-0.15, -0.1) is 0 Å². The molecule has 37 heavy (non-hydrogen) atoms. The topological polar surface area (TPSA) is 102 Å². The minimum absolute atomic E-state index is 0.0508. The quantitative estimate of drug-likeness (QED) is 0.392. The Morgan fingerprint density at radius 1 is 1.11 bits per heavy atom. The van der Waals surface area contributed by atoms with Crippen LogP contribution in [-0.2, 0) is 24.3 Å². The van der Waals surface area contributed by atoms with Crippen molar-refractivity contribution in [3.8, 4) is 17.0 Å². The molecule has 0 fully saturated rings. The van der Waals surface area contributed by atoms with Crippen molar-refractivity contribution in [2.24, 2.45) is 0 Å². The van der Waals surface area contributed by atoms with Gasteiger partial charge in [0.1, 0.15) is 17.3 Å². The molecule has 3 heterocycles. The van der Waals surface area contributed by atoms with Gasteiger partial charge in [-0.2, -0.15) is 5.10 Å². The third-order valence-corrected chi connectivity index (χ3v) is 6.66. The number of anilines is 1. The molecule has 0 atom stereocenters. The van der Waals surface area contributed by atoms with E-state index >= 15 is 0 Å². The Morgan fingerprint density at radius 2 is 1.86 bits per heavy atom. The van der Waals surface area contributed by atoms with E-state index in [2.05, 4.69) is 10.5 Å². The fourth-order valence-electron chi connectivity index (χ4n) is 4.53. The van der Waals surface area contributed by atoms with Crippen LogP contribution in [0.3, 0.4) is 0 Å². The highest BCUT2D eigenvalue weighted by Crippen LogP contribution is 2.30. The first-order chi connectivity index (χ1) is 17.9. The maximum Gasteiger partial charge on any atom is 0.251 e. The fraction of sp³-hybridized carbons (Fsp3) is 0.286. The van der Waals surface area contributed by atoms with Gasteiger partial charge in [0.05, 0.1) is 31.6 Å². The second-order valence-corrected chi connectivity index (χ2v) is 9.07. The monoisotopic (exact) mass is 499 g/mol. The average molecular weight is 500 g/mol. The van der Waals surface area contributed by atoms with Gasteiger partial charge in [-0.1, -0.05) is 17.3 Å². The third-order valence-electron chi connectivity index (χ3n) is 6.66. The second kappa shape index (κ2) is 10.3. The number of nitrogens with zero attached hydrogens (tertiary/aromatic N) is 4. The van der Waals surface area contributed by atoms with Crippen molar-refractivity contribution in [3.05, 3.63) is 82.7 Å². The summed E-state index contributed by atoms with van der Waals surface area (Å²) in [5.74, 6) is 2.23. The summed E-state index contributed by atoms with van der Waals surface area (Å²) in [5, 5.41) is 11.6. The van der Waals surface area contributed by atoms with E-state index in [0.717, 1.165) is 45.4 Å². The Labute approximate surface area is 215 Å². The number of ether oxygens (including phenoxy) is 1. The lowest BCUT2D eigenvalue weighted by atomic mass is 10.1. The molecule has 9 nitrogen and oxygen atoms in total. The summed E-state index contributed by atoms with van der Waals surface area (Å²) in [6.45, 7) is 5.21. The predicted molar refractivity (Wildman–Crippen MR) is 138 cm³/mol. The van der Waals surface area contributed by atoms with Crippen LogP contribution in [0.1, 0.15) is 39.4 Å². The van der Waals surface area contributed by atoms with Crippen LogP contribution in [0.4, 0.5) is 5.82 Å². The zero-order valence-corrected chi connectivity index (χ0v) is 21.2. The van der Waals surface area contributed by atoms with Crippen molar-refractivity contribution < 1.29 is 18.8 Å². The molecule has 1 aliphatic heterocycles. The predicted octanol–water partition coefficient (Wildman–Crippen LogP) is 4.07. The molecule has 190 valence electrons. The Bertz CT molecular complexity index is 1400. The van der Waals surface area contributed by atoms with Crippen LogP contribution in [-0.4, -0.2) is 40.4 Å². The number of carbonyl (C=O) groups excluding carboxylic acids is 2. The number of aromatic nitrogens is 3. The van der Waals surface area contributed by atoms with Gasteiger partial charge >= 0.3 is 0 Å². The van der Waals surface area contributed by atoms with Crippen LogP contribution in [0.2, 0.25) is 0 Å². The number of carbonyl (C=O) groups is 2. The molecule has 5 rings (SSSR count). The second-order valence-electron chi connectivity index (χ2n) is 9.07. The molecule has 0 saturated carbocycles. The highest BCUT2D eigenvalue weighted by Gasteiger charge is 2.26. The summed E-state index contributed by atoms with van der Waals surface area (Å²) >= 11 is 0. The lowest BCUT2D eigenvalue weighted by Crippen LogP contribution is -2.36. The molecule has 4 aromatic rings. The van der Waals surface area contributed by atoms with Gasteiger partial charge in [0.25, 0.3) is 5.91 Å². The molecule has 9 heteroatoms. The number of aryl methyl sites for hydroxylation is 3. The fourth-order valence-corrected chi connectivity index (χ4v) is 4.53. The highest BCUT2D eigenvalue weighted by atomic mass is 16.5.